The summed E-state index contributed by atoms with van der Waals surface area (Å²) >= 11 is 0. The zero-order valence-electron chi connectivity index (χ0n) is 17.5. The number of nitrogens with zero attached hydrogens (tertiary/aromatic N) is 3. The molecule has 2 aromatic heterocycles. The summed E-state index contributed by atoms with van der Waals surface area (Å²) < 4.78 is 7.43. The SMILES string of the molecule is Cc1nccc2c1c(=O)n(C)c1cc(OC[C@@H](N)CC(C)C)c(C#N)cc21.O=CO. The van der Waals surface area contributed by atoms with Crippen LogP contribution in [0.1, 0.15) is 31.5 Å². The number of pyridine rings is 2. The number of ether oxygens (including phenoxy) is 1. The molecule has 0 fully saturated rings. The lowest BCUT2D eigenvalue weighted by molar-refractivity contribution is -0.122. The molecule has 3 rings (SSSR count). The van der Waals surface area contributed by atoms with Crippen molar-refractivity contribution in [2.45, 2.75) is 33.2 Å². The second-order valence-electron chi connectivity index (χ2n) is 7.47. The topological polar surface area (TPSA) is 131 Å². The second-order valence-corrected chi connectivity index (χ2v) is 7.47. The molecule has 0 bridgehead atoms. The minimum atomic E-state index is -0.250. The lowest BCUT2D eigenvalue weighted by atomic mass is 10.0. The minimum Gasteiger partial charge on any atom is -0.491 e. The molecule has 158 valence electrons. The van der Waals surface area contributed by atoms with Crippen molar-refractivity contribution in [2.24, 2.45) is 18.7 Å². The molecule has 0 radical (unpaired) electrons. The molecule has 2 heterocycles. The summed E-state index contributed by atoms with van der Waals surface area (Å²) in [5.41, 5.74) is 7.80. The van der Waals surface area contributed by atoms with Crippen LogP contribution in [0.5, 0.6) is 5.75 Å². The number of nitriles is 1. The number of benzene rings is 1. The van der Waals surface area contributed by atoms with Gasteiger partial charge in [0, 0.05) is 30.7 Å². The molecule has 3 N–H and O–H groups in total. The lowest BCUT2D eigenvalue weighted by Gasteiger charge is -2.17. The van der Waals surface area contributed by atoms with Gasteiger partial charge in [0.15, 0.2) is 0 Å². The summed E-state index contributed by atoms with van der Waals surface area (Å²) in [6.07, 6.45) is 2.52. The van der Waals surface area contributed by atoms with E-state index >= 15 is 0 Å². The van der Waals surface area contributed by atoms with E-state index in [2.05, 4.69) is 24.9 Å². The fraction of sp³-hybridized carbons (Fsp3) is 0.364. The fourth-order valence-electron chi connectivity index (χ4n) is 3.48. The van der Waals surface area contributed by atoms with Gasteiger partial charge in [-0.15, -0.1) is 0 Å². The van der Waals surface area contributed by atoms with E-state index in [0.717, 1.165) is 17.2 Å². The van der Waals surface area contributed by atoms with Crippen molar-refractivity contribution in [1.82, 2.24) is 9.55 Å². The van der Waals surface area contributed by atoms with Gasteiger partial charge in [-0.3, -0.25) is 14.6 Å². The molecular weight excluding hydrogens is 384 g/mol. The average molecular weight is 410 g/mol. The maximum atomic E-state index is 12.8. The molecule has 0 aliphatic rings. The zero-order chi connectivity index (χ0) is 22.4. The molecule has 0 aliphatic carbocycles. The van der Waals surface area contributed by atoms with Crippen molar-refractivity contribution in [3.05, 3.63) is 46.0 Å². The van der Waals surface area contributed by atoms with Crippen LogP contribution < -0.4 is 16.0 Å². The van der Waals surface area contributed by atoms with Crippen LogP contribution in [-0.2, 0) is 11.8 Å². The number of carboxylic acid groups (broad SMARTS) is 1. The third-order valence-electron chi connectivity index (χ3n) is 4.76. The fourth-order valence-corrected chi connectivity index (χ4v) is 3.48. The number of rotatable bonds is 5. The first-order valence-corrected chi connectivity index (χ1v) is 9.53. The molecule has 8 heteroatoms. The van der Waals surface area contributed by atoms with E-state index in [-0.39, 0.29) is 18.1 Å². The number of hydrogen-bond acceptors (Lipinski definition) is 6. The van der Waals surface area contributed by atoms with Gasteiger partial charge in [0.05, 0.1) is 22.2 Å². The van der Waals surface area contributed by atoms with Gasteiger partial charge in [0.2, 0.25) is 0 Å². The van der Waals surface area contributed by atoms with Crippen molar-refractivity contribution >= 4 is 28.1 Å². The Morgan fingerprint density at radius 3 is 2.63 bits per heavy atom. The van der Waals surface area contributed by atoms with Crippen LogP contribution in [0, 0.1) is 24.2 Å². The van der Waals surface area contributed by atoms with E-state index in [4.69, 9.17) is 20.4 Å². The van der Waals surface area contributed by atoms with E-state index in [9.17, 15) is 10.1 Å². The van der Waals surface area contributed by atoms with Crippen molar-refractivity contribution in [3.8, 4) is 11.8 Å². The first-order valence-electron chi connectivity index (χ1n) is 9.53. The van der Waals surface area contributed by atoms with Crippen LogP contribution in [0.2, 0.25) is 0 Å². The van der Waals surface area contributed by atoms with Crippen LogP contribution in [0.4, 0.5) is 0 Å². The monoisotopic (exact) mass is 410 g/mol. The summed E-state index contributed by atoms with van der Waals surface area (Å²) in [4.78, 5) is 25.4. The Balaban J connectivity index is 0.00000101. The Morgan fingerprint density at radius 2 is 2.03 bits per heavy atom. The molecule has 0 aliphatic heterocycles. The first kappa shape index (κ1) is 22.8. The molecular formula is C22H26N4O4. The second kappa shape index (κ2) is 9.85. The van der Waals surface area contributed by atoms with E-state index in [1.165, 1.54) is 0 Å². The number of aromatic nitrogens is 2. The van der Waals surface area contributed by atoms with Crippen molar-refractivity contribution in [1.29, 1.82) is 5.26 Å². The van der Waals surface area contributed by atoms with Crippen LogP contribution in [0.25, 0.3) is 21.7 Å². The molecule has 0 saturated carbocycles. The highest BCUT2D eigenvalue weighted by molar-refractivity contribution is 6.07. The van der Waals surface area contributed by atoms with Crippen molar-refractivity contribution in [2.75, 3.05) is 6.61 Å². The highest BCUT2D eigenvalue weighted by atomic mass is 16.5. The van der Waals surface area contributed by atoms with Gasteiger partial charge in [-0.25, -0.2) is 0 Å². The predicted molar refractivity (Wildman–Crippen MR) is 116 cm³/mol. The summed E-state index contributed by atoms with van der Waals surface area (Å²) in [6, 6.07) is 7.43. The van der Waals surface area contributed by atoms with Gasteiger partial charge in [0.1, 0.15) is 18.4 Å². The molecule has 1 atom stereocenters. The zero-order valence-corrected chi connectivity index (χ0v) is 17.5. The van der Waals surface area contributed by atoms with Gasteiger partial charge >= 0.3 is 0 Å². The van der Waals surface area contributed by atoms with E-state index in [1.807, 2.05) is 13.0 Å². The summed E-state index contributed by atoms with van der Waals surface area (Å²) in [7, 11) is 1.72. The minimum absolute atomic E-state index is 0.110. The molecule has 3 aromatic rings. The third kappa shape index (κ3) is 4.75. The number of carbonyl (C=O) groups is 1. The van der Waals surface area contributed by atoms with E-state index in [0.29, 0.717) is 40.4 Å². The van der Waals surface area contributed by atoms with Gasteiger partial charge in [-0.2, -0.15) is 5.26 Å². The molecule has 30 heavy (non-hydrogen) atoms. The highest BCUT2D eigenvalue weighted by Crippen LogP contribution is 2.30. The van der Waals surface area contributed by atoms with Crippen LogP contribution >= 0.6 is 0 Å². The Kier molecular flexibility index (Phi) is 7.50. The molecule has 0 unspecified atom stereocenters. The smallest absolute Gasteiger partial charge is 0.290 e. The average Bonchev–Trinajstić information content (AvgIpc) is 2.69. The predicted octanol–water partition coefficient (Wildman–Crippen LogP) is 2.72. The Labute approximate surface area is 174 Å². The van der Waals surface area contributed by atoms with Crippen molar-refractivity contribution in [3.63, 3.8) is 0 Å². The Morgan fingerprint density at radius 1 is 1.37 bits per heavy atom. The van der Waals surface area contributed by atoms with Crippen LogP contribution in [0.3, 0.4) is 0 Å². The molecule has 8 nitrogen and oxygen atoms in total. The summed E-state index contributed by atoms with van der Waals surface area (Å²) in [5, 5.41) is 18.7. The van der Waals surface area contributed by atoms with Crippen LogP contribution in [0.15, 0.2) is 29.2 Å². The largest absolute Gasteiger partial charge is 0.491 e. The molecule has 1 aromatic carbocycles. The Bertz CT molecular complexity index is 1160. The standard InChI is InChI=1S/C21H24N4O2.CH2O2/c1-12(2)7-15(23)11-27-19-9-18-17(8-14(19)10-22)16-5-6-24-13(3)20(16)21(26)25(18)4;2-1-3/h5-6,8-9,12,15H,7,11,23H2,1-4H3;1H,(H,2,3)/t15-;/m0./s1. The van der Waals surface area contributed by atoms with E-state index < -0.39 is 0 Å². The van der Waals surface area contributed by atoms with Gasteiger partial charge < -0.3 is 20.1 Å². The summed E-state index contributed by atoms with van der Waals surface area (Å²) in [6.45, 7) is 6.10. The van der Waals surface area contributed by atoms with Crippen LogP contribution in [-0.4, -0.2) is 33.8 Å². The van der Waals surface area contributed by atoms with E-state index in [1.54, 1.807) is 29.9 Å². The van der Waals surface area contributed by atoms with Gasteiger partial charge in [0.25, 0.3) is 12.0 Å². The van der Waals surface area contributed by atoms with Crippen molar-refractivity contribution < 1.29 is 14.6 Å². The Hall–Kier alpha value is -3.44. The van der Waals surface area contributed by atoms with Gasteiger partial charge in [-0.05, 0) is 36.8 Å². The third-order valence-corrected chi connectivity index (χ3v) is 4.76. The lowest BCUT2D eigenvalue weighted by Crippen LogP contribution is -2.29. The molecule has 0 spiro atoms. The number of fused-ring (bicyclic) bond motifs is 3. The highest BCUT2D eigenvalue weighted by Gasteiger charge is 2.16. The first-order chi connectivity index (χ1) is 14.2. The normalized spacial score (nSPS) is 11.6. The van der Waals surface area contributed by atoms with Gasteiger partial charge in [-0.1, -0.05) is 13.8 Å². The number of aryl methyl sites for hydroxylation is 2. The number of nitrogens with two attached hydrogens (primary N) is 1. The quantitative estimate of drug-likeness (QED) is 0.488. The maximum Gasteiger partial charge on any atom is 0.290 e. The summed E-state index contributed by atoms with van der Waals surface area (Å²) in [5.74, 6) is 0.920. The molecule has 0 saturated heterocycles. The maximum absolute atomic E-state index is 12.8. The molecule has 0 amide bonds. The number of hydrogen-bond donors (Lipinski definition) is 2.